The van der Waals surface area contributed by atoms with E-state index < -0.39 is 16.1 Å². The average Bonchev–Trinajstić information content (AvgIpc) is 2.93. The van der Waals surface area contributed by atoms with Gasteiger partial charge in [-0.25, -0.2) is 8.42 Å². The highest BCUT2D eigenvalue weighted by atomic mass is 35.5. The first-order chi connectivity index (χ1) is 13.7. The number of benzene rings is 2. The number of hydrogen-bond donors (Lipinski definition) is 4. The van der Waals surface area contributed by atoms with Crippen molar-refractivity contribution in [2.24, 2.45) is 0 Å². The van der Waals surface area contributed by atoms with Gasteiger partial charge in [-0.1, -0.05) is 12.1 Å². The molecule has 0 amide bonds. The summed E-state index contributed by atoms with van der Waals surface area (Å²) in [5.74, 6) is 0.792. The van der Waals surface area contributed by atoms with Crippen LogP contribution in [0, 0.1) is 13.8 Å². The molecule has 4 N–H and O–H groups in total. The van der Waals surface area contributed by atoms with Crippen LogP contribution in [0.2, 0.25) is 0 Å². The van der Waals surface area contributed by atoms with Crippen molar-refractivity contribution in [1.82, 2.24) is 10.3 Å². The van der Waals surface area contributed by atoms with Gasteiger partial charge in [0.15, 0.2) is 0 Å². The molecule has 2 aromatic carbocycles. The second-order valence-electron chi connectivity index (χ2n) is 7.15. The number of halogens is 1. The molecule has 9 heteroatoms. The third-order valence-corrected chi connectivity index (χ3v) is 5.35. The summed E-state index contributed by atoms with van der Waals surface area (Å²) in [6.45, 7) is 5.51. The van der Waals surface area contributed by atoms with Gasteiger partial charge in [0.1, 0.15) is 12.4 Å². The molecule has 0 aliphatic heterocycles. The van der Waals surface area contributed by atoms with E-state index in [9.17, 15) is 13.5 Å². The third kappa shape index (κ3) is 6.37. The molecule has 3 aromatic rings. The molecule has 0 aliphatic carbocycles. The van der Waals surface area contributed by atoms with Crippen LogP contribution in [0.5, 0.6) is 5.75 Å². The highest BCUT2D eigenvalue weighted by Gasteiger charge is 2.10. The number of sulfonamides is 1. The van der Waals surface area contributed by atoms with Gasteiger partial charge in [0, 0.05) is 41.4 Å². The standard InChI is InChI=1S/C21H27N3O4S.ClH/c1-14-15(2)23-20-12-18(7-8-19(14)20)28-10-9-22-13-21(25)16-5-4-6-17(11-16)24-29(3,26)27;/h4-8,11-12,21-25H,9-10,13H2,1-3H3;1H. The molecule has 1 aromatic heterocycles. The van der Waals surface area contributed by atoms with Crippen LogP contribution < -0.4 is 14.8 Å². The Labute approximate surface area is 183 Å². The molecule has 0 bridgehead atoms. The molecule has 30 heavy (non-hydrogen) atoms. The SMILES string of the molecule is Cc1[nH]c2cc(OCCNCC(O)c3cccc(NS(C)(=O)=O)c3)ccc2c1C.Cl. The number of rotatable bonds is 9. The zero-order chi connectivity index (χ0) is 21.0. The molecule has 7 nitrogen and oxygen atoms in total. The van der Waals surface area contributed by atoms with Gasteiger partial charge >= 0.3 is 0 Å². The molecule has 0 spiro atoms. The number of hydrogen-bond acceptors (Lipinski definition) is 5. The van der Waals surface area contributed by atoms with Crippen LogP contribution >= 0.6 is 12.4 Å². The topological polar surface area (TPSA) is 103 Å². The number of aliphatic hydroxyl groups is 1. The maximum Gasteiger partial charge on any atom is 0.229 e. The predicted molar refractivity (Wildman–Crippen MR) is 123 cm³/mol. The Morgan fingerprint density at radius 2 is 1.93 bits per heavy atom. The molecular formula is C21H28ClN3O4S. The van der Waals surface area contributed by atoms with Crippen molar-refractivity contribution < 1.29 is 18.3 Å². The molecule has 0 aliphatic rings. The normalized spacial score (nSPS) is 12.4. The van der Waals surface area contributed by atoms with Gasteiger partial charge < -0.3 is 20.1 Å². The quantitative estimate of drug-likeness (QED) is 0.372. The van der Waals surface area contributed by atoms with Gasteiger partial charge in [0.05, 0.1) is 12.4 Å². The van der Waals surface area contributed by atoms with Crippen molar-refractivity contribution in [2.75, 3.05) is 30.7 Å². The van der Waals surface area contributed by atoms with Gasteiger partial charge in [-0.2, -0.15) is 0 Å². The number of aliphatic hydroxyl groups excluding tert-OH is 1. The van der Waals surface area contributed by atoms with Crippen molar-refractivity contribution in [3.8, 4) is 5.75 Å². The Kier molecular flexibility index (Phi) is 8.14. The second kappa shape index (κ2) is 10.2. The van der Waals surface area contributed by atoms with Crippen molar-refractivity contribution in [1.29, 1.82) is 0 Å². The summed E-state index contributed by atoms with van der Waals surface area (Å²) >= 11 is 0. The lowest BCUT2D eigenvalue weighted by molar-refractivity contribution is 0.172. The fourth-order valence-electron chi connectivity index (χ4n) is 3.16. The van der Waals surface area contributed by atoms with E-state index in [-0.39, 0.29) is 12.4 Å². The predicted octanol–water partition coefficient (Wildman–Crippen LogP) is 3.28. The second-order valence-corrected chi connectivity index (χ2v) is 8.90. The number of anilines is 1. The highest BCUT2D eigenvalue weighted by Crippen LogP contribution is 2.25. The van der Waals surface area contributed by atoms with Crippen molar-refractivity contribution in [3.05, 3.63) is 59.3 Å². The Hall–Kier alpha value is -2.26. The molecule has 1 atom stereocenters. The third-order valence-electron chi connectivity index (χ3n) is 4.74. The summed E-state index contributed by atoms with van der Waals surface area (Å²) < 4.78 is 30.9. The summed E-state index contributed by atoms with van der Waals surface area (Å²) in [4.78, 5) is 3.35. The van der Waals surface area contributed by atoms with Crippen molar-refractivity contribution in [2.45, 2.75) is 20.0 Å². The van der Waals surface area contributed by atoms with E-state index in [0.717, 1.165) is 23.2 Å². The van der Waals surface area contributed by atoms with Crippen molar-refractivity contribution >= 4 is 39.0 Å². The first-order valence-corrected chi connectivity index (χ1v) is 11.3. The molecule has 0 radical (unpaired) electrons. The van der Waals surface area contributed by atoms with Gasteiger partial charge in [-0.15, -0.1) is 12.4 Å². The smallest absolute Gasteiger partial charge is 0.229 e. The number of aromatic amines is 1. The number of aryl methyl sites for hydroxylation is 2. The maximum absolute atomic E-state index is 11.3. The number of nitrogens with one attached hydrogen (secondary N) is 3. The molecule has 1 unspecified atom stereocenters. The Balaban J connectivity index is 0.00000320. The van der Waals surface area contributed by atoms with E-state index >= 15 is 0 Å². The molecular weight excluding hydrogens is 426 g/mol. The largest absolute Gasteiger partial charge is 0.492 e. The first-order valence-electron chi connectivity index (χ1n) is 9.41. The fraction of sp³-hybridized carbons (Fsp3) is 0.333. The lowest BCUT2D eigenvalue weighted by Crippen LogP contribution is -2.26. The Bertz CT molecular complexity index is 1100. The zero-order valence-electron chi connectivity index (χ0n) is 17.2. The van der Waals surface area contributed by atoms with E-state index in [1.807, 2.05) is 12.1 Å². The zero-order valence-corrected chi connectivity index (χ0v) is 18.9. The highest BCUT2D eigenvalue weighted by molar-refractivity contribution is 7.92. The van der Waals surface area contributed by atoms with Crippen LogP contribution in [0.15, 0.2) is 42.5 Å². The van der Waals surface area contributed by atoms with Crippen LogP contribution in [0.25, 0.3) is 10.9 Å². The van der Waals surface area contributed by atoms with E-state index in [1.165, 1.54) is 10.9 Å². The summed E-state index contributed by atoms with van der Waals surface area (Å²) in [6.07, 6.45) is 0.339. The number of ether oxygens (including phenoxy) is 1. The fourth-order valence-corrected chi connectivity index (χ4v) is 3.72. The van der Waals surface area contributed by atoms with Gasteiger partial charge in [-0.3, -0.25) is 4.72 Å². The number of fused-ring (bicyclic) bond motifs is 1. The Morgan fingerprint density at radius 3 is 2.67 bits per heavy atom. The minimum atomic E-state index is -3.35. The lowest BCUT2D eigenvalue weighted by atomic mass is 10.1. The monoisotopic (exact) mass is 453 g/mol. The molecule has 3 rings (SSSR count). The molecule has 0 saturated carbocycles. The van der Waals surface area contributed by atoms with Crippen LogP contribution in [0.3, 0.4) is 0 Å². The van der Waals surface area contributed by atoms with Gasteiger partial charge in [0.2, 0.25) is 10.0 Å². The minimum absolute atomic E-state index is 0. The first kappa shape index (κ1) is 24.0. The number of aromatic nitrogens is 1. The van der Waals surface area contributed by atoms with E-state index in [0.29, 0.717) is 30.9 Å². The lowest BCUT2D eigenvalue weighted by Gasteiger charge is -2.14. The Morgan fingerprint density at radius 1 is 1.17 bits per heavy atom. The van der Waals surface area contributed by atoms with Crippen LogP contribution in [0.1, 0.15) is 22.9 Å². The molecule has 0 fully saturated rings. The summed E-state index contributed by atoms with van der Waals surface area (Å²) in [5.41, 5.74) is 4.53. The van der Waals surface area contributed by atoms with E-state index in [2.05, 4.69) is 34.9 Å². The van der Waals surface area contributed by atoms with Crippen molar-refractivity contribution in [3.63, 3.8) is 0 Å². The average molecular weight is 454 g/mol. The number of H-pyrrole nitrogens is 1. The van der Waals surface area contributed by atoms with Gasteiger partial charge in [-0.05, 0) is 49.2 Å². The molecule has 164 valence electrons. The van der Waals surface area contributed by atoms with Crippen LogP contribution in [-0.2, 0) is 10.0 Å². The summed E-state index contributed by atoms with van der Waals surface area (Å²) in [6, 6.07) is 12.7. The maximum atomic E-state index is 11.3. The molecule has 1 heterocycles. The summed E-state index contributed by atoms with van der Waals surface area (Å²) in [5, 5.41) is 14.7. The van der Waals surface area contributed by atoms with Crippen LogP contribution in [-0.4, -0.2) is 44.5 Å². The van der Waals surface area contributed by atoms with E-state index in [1.54, 1.807) is 24.3 Å². The van der Waals surface area contributed by atoms with Crippen LogP contribution in [0.4, 0.5) is 5.69 Å². The molecule has 0 saturated heterocycles. The van der Waals surface area contributed by atoms with E-state index in [4.69, 9.17) is 4.74 Å². The van der Waals surface area contributed by atoms with Gasteiger partial charge in [0.25, 0.3) is 0 Å². The summed E-state index contributed by atoms with van der Waals surface area (Å²) in [7, 11) is -3.35. The minimum Gasteiger partial charge on any atom is -0.492 e.